The molecule has 0 saturated heterocycles. The van der Waals surface area contributed by atoms with Crippen LogP contribution in [0.3, 0.4) is 0 Å². The van der Waals surface area contributed by atoms with Crippen LogP contribution in [-0.2, 0) is 9.53 Å². The van der Waals surface area contributed by atoms with Gasteiger partial charge in [0.15, 0.2) is 0 Å². The highest BCUT2D eigenvalue weighted by Gasteiger charge is 2.09. The summed E-state index contributed by atoms with van der Waals surface area (Å²) in [6, 6.07) is 7.38. The molecule has 0 spiro atoms. The van der Waals surface area contributed by atoms with E-state index in [0.29, 0.717) is 24.7 Å². The van der Waals surface area contributed by atoms with Gasteiger partial charge in [-0.25, -0.2) is 0 Å². The molecule has 0 saturated carbocycles. The van der Waals surface area contributed by atoms with Crippen molar-refractivity contribution in [2.75, 3.05) is 18.5 Å². The molecule has 0 bridgehead atoms. The van der Waals surface area contributed by atoms with Crippen molar-refractivity contribution in [2.45, 2.75) is 40.2 Å². The van der Waals surface area contributed by atoms with Crippen LogP contribution >= 0.6 is 0 Å². The van der Waals surface area contributed by atoms with Gasteiger partial charge in [0.05, 0.1) is 17.9 Å². The number of carbonyl (C=O) groups excluding carboxylic acids is 1. The Bertz CT molecular complexity index is 501. The van der Waals surface area contributed by atoms with E-state index < -0.39 is 0 Å². The van der Waals surface area contributed by atoms with Crippen molar-refractivity contribution in [1.82, 2.24) is 0 Å². The van der Waals surface area contributed by atoms with Gasteiger partial charge in [-0.05, 0) is 51.5 Å². The fourth-order valence-electron chi connectivity index (χ4n) is 1.55. The van der Waals surface area contributed by atoms with Gasteiger partial charge in [-0.2, -0.15) is 0 Å². The highest BCUT2D eigenvalue weighted by Crippen LogP contribution is 2.23. The fourth-order valence-corrected chi connectivity index (χ4v) is 1.55. The zero-order chi connectivity index (χ0) is 15.9. The van der Waals surface area contributed by atoms with E-state index in [4.69, 9.17) is 9.47 Å². The molecule has 4 heteroatoms. The maximum absolute atomic E-state index is 11.1. The summed E-state index contributed by atoms with van der Waals surface area (Å²) in [5.74, 6) is 0.546. The van der Waals surface area contributed by atoms with Crippen LogP contribution in [0.2, 0.25) is 0 Å². The molecule has 1 N–H and O–H groups in total. The van der Waals surface area contributed by atoms with Gasteiger partial charge in [-0.1, -0.05) is 12.1 Å². The van der Waals surface area contributed by atoms with Crippen LogP contribution < -0.4 is 10.1 Å². The minimum atomic E-state index is -0.145. The number of ether oxygens (including phenoxy) is 2. The highest BCUT2D eigenvalue weighted by atomic mass is 16.5. The molecule has 0 aliphatic carbocycles. The zero-order valence-corrected chi connectivity index (χ0v) is 13.5. The lowest BCUT2D eigenvalue weighted by Crippen LogP contribution is -2.20. The zero-order valence-electron chi connectivity index (χ0n) is 13.5. The normalized spacial score (nSPS) is 12.1. The largest absolute Gasteiger partial charge is 0.487 e. The molecule has 0 fully saturated rings. The summed E-state index contributed by atoms with van der Waals surface area (Å²) in [5.41, 5.74) is 1.65. The van der Waals surface area contributed by atoms with Crippen LogP contribution in [0.5, 0.6) is 5.75 Å². The Hall–Kier alpha value is -1.81. The van der Waals surface area contributed by atoms with Crippen molar-refractivity contribution in [3.63, 3.8) is 0 Å². The van der Waals surface area contributed by atoms with E-state index in [2.05, 4.69) is 5.32 Å². The first-order chi connectivity index (χ1) is 9.78. The molecule has 1 rings (SSSR count). The summed E-state index contributed by atoms with van der Waals surface area (Å²) >= 11 is 0. The lowest BCUT2D eigenvalue weighted by Gasteiger charge is -2.19. The number of amides is 1. The fraction of sp³-hybridized carbons (Fsp3) is 0.471. The van der Waals surface area contributed by atoms with E-state index in [-0.39, 0.29) is 11.5 Å². The Balaban J connectivity index is 2.53. The van der Waals surface area contributed by atoms with Gasteiger partial charge >= 0.3 is 0 Å². The standard InChI is InChI=1S/C17H25NO3/c1-13(12-21-17(3,4)5)10-11-20-16-9-7-6-8-15(16)18-14(2)19/h6-10H,11-12H2,1-5H3,(H,18,19)/b13-10+. The van der Waals surface area contributed by atoms with Gasteiger partial charge in [0.2, 0.25) is 5.91 Å². The van der Waals surface area contributed by atoms with Crippen LogP contribution in [0.4, 0.5) is 5.69 Å². The Kier molecular flexibility index (Phi) is 6.43. The number of hydrogen-bond donors (Lipinski definition) is 1. The lowest BCUT2D eigenvalue weighted by atomic mass is 10.2. The molecule has 4 nitrogen and oxygen atoms in total. The van der Waals surface area contributed by atoms with Crippen LogP contribution in [0, 0.1) is 0 Å². The van der Waals surface area contributed by atoms with Crippen LogP contribution in [0.25, 0.3) is 0 Å². The number of nitrogens with one attached hydrogen (secondary N) is 1. The summed E-state index contributed by atoms with van der Waals surface area (Å²) in [4.78, 5) is 11.1. The first-order valence-corrected chi connectivity index (χ1v) is 7.07. The van der Waals surface area contributed by atoms with Crippen molar-refractivity contribution >= 4 is 11.6 Å². The molecule has 0 unspecified atom stereocenters. The van der Waals surface area contributed by atoms with Crippen LogP contribution in [0.1, 0.15) is 34.6 Å². The summed E-state index contributed by atoms with van der Waals surface area (Å²) in [6.45, 7) is 10.6. The predicted molar refractivity (Wildman–Crippen MR) is 85.7 cm³/mol. The predicted octanol–water partition coefficient (Wildman–Crippen LogP) is 3.79. The maximum atomic E-state index is 11.1. The number of rotatable bonds is 6. The van der Waals surface area contributed by atoms with Crippen molar-refractivity contribution in [1.29, 1.82) is 0 Å². The quantitative estimate of drug-likeness (QED) is 0.811. The Morgan fingerprint density at radius 3 is 2.52 bits per heavy atom. The van der Waals surface area contributed by atoms with E-state index in [9.17, 15) is 4.79 Å². The Labute approximate surface area is 127 Å². The van der Waals surface area contributed by atoms with E-state index in [1.54, 1.807) is 0 Å². The van der Waals surface area contributed by atoms with E-state index in [1.807, 2.05) is 58.0 Å². The molecular formula is C17H25NO3. The van der Waals surface area contributed by atoms with E-state index in [0.717, 1.165) is 5.57 Å². The molecule has 0 aliphatic rings. The monoisotopic (exact) mass is 291 g/mol. The molecule has 116 valence electrons. The van der Waals surface area contributed by atoms with Crippen molar-refractivity contribution in [2.24, 2.45) is 0 Å². The molecular weight excluding hydrogens is 266 g/mol. The van der Waals surface area contributed by atoms with Crippen molar-refractivity contribution in [3.05, 3.63) is 35.9 Å². The average Bonchev–Trinajstić information content (AvgIpc) is 2.37. The third-order valence-corrected chi connectivity index (χ3v) is 2.60. The Morgan fingerprint density at radius 2 is 1.90 bits per heavy atom. The van der Waals surface area contributed by atoms with E-state index in [1.165, 1.54) is 6.92 Å². The topological polar surface area (TPSA) is 47.6 Å². The average molecular weight is 291 g/mol. The maximum Gasteiger partial charge on any atom is 0.221 e. The summed E-state index contributed by atoms with van der Waals surface area (Å²) in [6.07, 6.45) is 1.98. The first kappa shape index (κ1) is 17.2. The van der Waals surface area contributed by atoms with Crippen molar-refractivity contribution < 1.29 is 14.3 Å². The molecule has 0 aliphatic heterocycles. The van der Waals surface area contributed by atoms with Gasteiger partial charge in [-0.15, -0.1) is 0 Å². The second-order valence-corrected chi connectivity index (χ2v) is 5.94. The smallest absolute Gasteiger partial charge is 0.221 e. The molecule has 0 heterocycles. The van der Waals surface area contributed by atoms with Gasteiger partial charge in [0.1, 0.15) is 12.4 Å². The summed E-state index contributed by atoms with van der Waals surface area (Å²) in [7, 11) is 0. The SMILES string of the molecule is CC(=O)Nc1ccccc1OC/C=C(\C)COC(C)(C)C. The molecule has 0 atom stereocenters. The second kappa shape index (κ2) is 7.84. The summed E-state index contributed by atoms with van der Waals surface area (Å²) in [5, 5.41) is 2.75. The first-order valence-electron chi connectivity index (χ1n) is 7.07. The van der Waals surface area contributed by atoms with Gasteiger partial charge in [0, 0.05) is 6.92 Å². The minimum Gasteiger partial charge on any atom is -0.487 e. The molecule has 0 aromatic heterocycles. The molecule has 1 aromatic carbocycles. The van der Waals surface area contributed by atoms with Crippen molar-refractivity contribution in [3.8, 4) is 5.75 Å². The summed E-state index contributed by atoms with van der Waals surface area (Å²) < 4.78 is 11.4. The second-order valence-electron chi connectivity index (χ2n) is 5.94. The third-order valence-electron chi connectivity index (χ3n) is 2.60. The third kappa shape index (κ3) is 7.51. The molecule has 1 amide bonds. The molecule has 0 radical (unpaired) electrons. The number of hydrogen-bond acceptors (Lipinski definition) is 3. The number of para-hydroxylation sites is 2. The number of carbonyl (C=O) groups is 1. The highest BCUT2D eigenvalue weighted by molar-refractivity contribution is 5.90. The van der Waals surface area contributed by atoms with Gasteiger partial charge < -0.3 is 14.8 Å². The number of anilines is 1. The van der Waals surface area contributed by atoms with Gasteiger partial charge in [-0.3, -0.25) is 4.79 Å². The van der Waals surface area contributed by atoms with Crippen LogP contribution in [-0.4, -0.2) is 24.7 Å². The minimum absolute atomic E-state index is 0.114. The van der Waals surface area contributed by atoms with E-state index >= 15 is 0 Å². The lowest BCUT2D eigenvalue weighted by molar-refractivity contribution is -0.114. The van der Waals surface area contributed by atoms with Crippen LogP contribution in [0.15, 0.2) is 35.9 Å². The van der Waals surface area contributed by atoms with Gasteiger partial charge in [0.25, 0.3) is 0 Å². The molecule has 21 heavy (non-hydrogen) atoms. The Morgan fingerprint density at radius 1 is 1.24 bits per heavy atom. The number of benzene rings is 1. The molecule has 1 aromatic rings.